The van der Waals surface area contributed by atoms with Gasteiger partial charge < -0.3 is 9.66 Å². The summed E-state index contributed by atoms with van der Waals surface area (Å²) in [6.07, 6.45) is 1.92. The fraction of sp³-hybridized carbons (Fsp3) is 0.0833. The van der Waals surface area contributed by atoms with E-state index in [4.69, 9.17) is 0 Å². The van der Waals surface area contributed by atoms with E-state index in [9.17, 15) is 18.1 Å². The van der Waals surface area contributed by atoms with Crippen LogP contribution in [0.3, 0.4) is 0 Å². The zero-order valence-electron chi connectivity index (χ0n) is 9.78. The molecule has 0 fully saturated rings. The van der Waals surface area contributed by atoms with Crippen LogP contribution >= 0.6 is 0 Å². The Balaban J connectivity index is 0.000000232. The number of rotatable bonds is 1. The summed E-state index contributed by atoms with van der Waals surface area (Å²) in [6, 6.07) is 9.46. The fourth-order valence-electron chi connectivity index (χ4n) is 1.42. The first-order valence-corrected chi connectivity index (χ1v) is 6.47. The number of phenolic OH excluding ortho intramolecular Hbond substituents is 1. The van der Waals surface area contributed by atoms with Gasteiger partial charge in [0.2, 0.25) is 0 Å². The molecule has 0 amide bonds. The number of para-hydroxylation sites is 1. The Morgan fingerprint density at radius 2 is 1.89 bits per heavy atom. The molecule has 1 aromatic carbocycles. The van der Waals surface area contributed by atoms with Crippen LogP contribution in [0.15, 0.2) is 48.5 Å². The summed E-state index contributed by atoms with van der Waals surface area (Å²) in [5, 5.41) is 10.9. The molecule has 2 rings (SSSR count). The second kappa shape index (κ2) is 5.61. The lowest BCUT2D eigenvalue weighted by Crippen LogP contribution is -2.27. The Labute approximate surface area is 105 Å². The Kier molecular flexibility index (Phi) is 4.41. The van der Waals surface area contributed by atoms with Gasteiger partial charge in [0, 0.05) is 11.5 Å². The minimum Gasteiger partial charge on any atom is -0.745 e. The first kappa shape index (κ1) is 14.1. The molecule has 1 heterocycles. The lowest BCUT2D eigenvalue weighted by molar-refractivity contribution is -0.645. The molecule has 5 nitrogen and oxygen atoms in total. The summed E-state index contributed by atoms with van der Waals surface area (Å²) in [5.74, 6) is 0.329. The average Bonchev–Trinajstić information content (AvgIpc) is 2.29. The van der Waals surface area contributed by atoms with Gasteiger partial charge in [-0.2, -0.15) is 4.57 Å². The third-order valence-electron chi connectivity index (χ3n) is 2.19. The highest BCUT2D eigenvalue weighted by Crippen LogP contribution is 2.19. The van der Waals surface area contributed by atoms with Crippen LogP contribution < -0.4 is 4.57 Å². The van der Waals surface area contributed by atoms with Crippen molar-refractivity contribution in [3.8, 4) is 5.75 Å². The molecule has 0 aliphatic heterocycles. The summed E-state index contributed by atoms with van der Waals surface area (Å²) >= 11 is 0. The molecular weight excluding hydrogens is 254 g/mol. The maximum absolute atomic E-state index is 9.53. The molecule has 0 spiro atoms. The van der Waals surface area contributed by atoms with E-state index in [1.165, 1.54) is 0 Å². The highest BCUT2D eigenvalue weighted by atomic mass is 32.2. The number of aromatic hydroxyl groups is 1. The molecule has 0 saturated carbocycles. The molecule has 2 aromatic rings. The highest BCUT2D eigenvalue weighted by molar-refractivity contribution is 7.88. The van der Waals surface area contributed by atoms with Crippen LogP contribution in [-0.2, 0) is 17.2 Å². The van der Waals surface area contributed by atoms with Crippen LogP contribution in [0, 0.1) is 0 Å². The van der Waals surface area contributed by atoms with E-state index in [1.54, 1.807) is 6.07 Å². The molecule has 0 aliphatic rings. The number of aromatic nitrogens is 1. The van der Waals surface area contributed by atoms with Crippen molar-refractivity contribution in [1.82, 2.24) is 0 Å². The lowest BCUT2D eigenvalue weighted by Gasteiger charge is -1.96. The maximum atomic E-state index is 9.53. The molecule has 0 bridgehead atoms. The minimum atomic E-state index is -4.15. The first-order chi connectivity index (χ1) is 8.35. The second-order valence-electron chi connectivity index (χ2n) is 3.49. The SMILES string of the molecule is C=CS(=O)(=O)[O-].C[n+]1cccc2cccc(O)c21. The Hall–Kier alpha value is -1.92. The fourth-order valence-corrected chi connectivity index (χ4v) is 1.42. The Morgan fingerprint density at radius 3 is 2.39 bits per heavy atom. The number of nitrogens with zero attached hydrogens (tertiary/aromatic N) is 1. The molecule has 6 heteroatoms. The molecule has 1 aromatic heterocycles. The van der Waals surface area contributed by atoms with Gasteiger partial charge >= 0.3 is 0 Å². The standard InChI is InChI=1S/C10H9NO.C2H4O3S/c1-11-7-3-5-8-4-2-6-9(12)10(8)11;1-2-6(3,4)5/h2-7H,1H3;2H,1H2,(H,3,4,5). The summed E-state index contributed by atoms with van der Waals surface area (Å²) in [4.78, 5) is 0. The van der Waals surface area contributed by atoms with Crippen LogP contribution in [0.2, 0.25) is 0 Å². The number of aryl methyl sites for hydroxylation is 1. The molecule has 0 aliphatic carbocycles. The molecule has 0 saturated heterocycles. The van der Waals surface area contributed by atoms with E-state index in [0.29, 0.717) is 11.2 Å². The van der Waals surface area contributed by atoms with Crippen LogP contribution in [0.25, 0.3) is 10.9 Å². The van der Waals surface area contributed by atoms with E-state index >= 15 is 0 Å². The van der Waals surface area contributed by atoms with Gasteiger partial charge in [0.15, 0.2) is 11.9 Å². The number of phenols is 1. The average molecular weight is 267 g/mol. The van der Waals surface area contributed by atoms with E-state index in [2.05, 4.69) is 6.58 Å². The largest absolute Gasteiger partial charge is 0.745 e. The highest BCUT2D eigenvalue weighted by Gasteiger charge is 2.07. The van der Waals surface area contributed by atoms with Gasteiger partial charge in [0.05, 0.1) is 5.39 Å². The van der Waals surface area contributed by atoms with Gasteiger partial charge in [0.25, 0.3) is 5.52 Å². The van der Waals surface area contributed by atoms with Gasteiger partial charge in [-0.3, -0.25) is 0 Å². The zero-order valence-corrected chi connectivity index (χ0v) is 10.6. The van der Waals surface area contributed by atoms with Crippen molar-refractivity contribution >= 4 is 21.0 Å². The summed E-state index contributed by atoms with van der Waals surface area (Å²) in [7, 11) is -2.23. The molecule has 96 valence electrons. The zero-order chi connectivity index (χ0) is 13.8. The number of hydrogen-bond donors (Lipinski definition) is 1. The minimum absolute atomic E-state index is 0.329. The number of hydrogen-bond acceptors (Lipinski definition) is 4. The third-order valence-corrected chi connectivity index (χ3v) is 2.60. The van der Waals surface area contributed by atoms with Crippen molar-refractivity contribution in [2.45, 2.75) is 0 Å². The summed E-state index contributed by atoms with van der Waals surface area (Å²) in [5.41, 5.74) is 0.875. The van der Waals surface area contributed by atoms with Crippen molar-refractivity contribution in [2.75, 3.05) is 0 Å². The maximum Gasteiger partial charge on any atom is 0.254 e. The predicted octanol–water partition coefficient (Wildman–Crippen LogP) is 1.04. The van der Waals surface area contributed by atoms with E-state index < -0.39 is 10.1 Å². The van der Waals surface area contributed by atoms with Crippen molar-refractivity contribution in [3.05, 3.63) is 48.5 Å². The number of fused-ring (bicyclic) bond motifs is 1. The van der Waals surface area contributed by atoms with Crippen molar-refractivity contribution in [1.29, 1.82) is 0 Å². The third kappa shape index (κ3) is 3.83. The lowest BCUT2D eigenvalue weighted by atomic mass is 10.2. The van der Waals surface area contributed by atoms with E-state index in [-0.39, 0.29) is 0 Å². The number of benzene rings is 1. The first-order valence-electron chi connectivity index (χ1n) is 5.00. The topological polar surface area (TPSA) is 81.3 Å². The van der Waals surface area contributed by atoms with E-state index in [0.717, 1.165) is 10.9 Å². The second-order valence-corrected chi connectivity index (χ2v) is 4.81. The number of pyridine rings is 1. The quantitative estimate of drug-likeness (QED) is 0.618. The molecule has 0 unspecified atom stereocenters. The predicted molar refractivity (Wildman–Crippen MR) is 66.7 cm³/mol. The van der Waals surface area contributed by atoms with Gasteiger partial charge in [0.1, 0.15) is 17.2 Å². The van der Waals surface area contributed by atoms with Crippen LogP contribution in [0.5, 0.6) is 5.75 Å². The Morgan fingerprint density at radius 1 is 1.33 bits per heavy atom. The van der Waals surface area contributed by atoms with Gasteiger partial charge in [-0.05, 0) is 18.2 Å². The monoisotopic (exact) mass is 267 g/mol. The molecule has 18 heavy (non-hydrogen) atoms. The molecule has 0 atom stereocenters. The van der Waals surface area contributed by atoms with Crippen molar-refractivity contribution < 1.29 is 22.6 Å². The van der Waals surface area contributed by atoms with Gasteiger partial charge in [-0.15, -0.1) is 0 Å². The summed E-state index contributed by atoms with van der Waals surface area (Å²) < 4.78 is 29.9. The van der Waals surface area contributed by atoms with E-state index in [1.807, 2.05) is 42.1 Å². The Bertz CT molecular complexity index is 616. The van der Waals surface area contributed by atoms with Crippen molar-refractivity contribution in [2.24, 2.45) is 7.05 Å². The molecular formula is C12H13NO4S. The smallest absolute Gasteiger partial charge is 0.254 e. The van der Waals surface area contributed by atoms with Crippen molar-refractivity contribution in [3.63, 3.8) is 0 Å². The summed E-state index contributed by atoms with van der Waals surface area (Å²) in [6.45, 7) is 2.73. The normalized spacial score (nSPS) is 10.6. The van der Waals surface area contributed by atoms with Crippen LogP contribution in [0.4, 0.5) is 0 Å². The van der Waals surface area contributed by atoms with Crippen LogP contribution in [0.1, 0.15) is 0 Å². The molecule has 1 N–H and O–H groups in total. The van der Waals surface area contributed by atoms with Gasteiger partial charge in [-0.25, -0.2) is 8.42 Å². The van der Waals surface area contributed by atoms with Crippen LogP contribution in [-0.4, -0.2) is 18.1 Å². The van der Waals surface area contributed by atoms with Gasteiger partial charge in [-0.1, -0.05) is 12.6 Å². The molecule has 0 radical (unpaired) electrons.